The van der Waals surface area contributed by atoms with Crippen molar-refractivity contribution in [2.45, 2.75) is 45.8 Å². The molecule has 0 radical (unpaired) electrons. The van der Waals surface area contributed by atoms with Crippen molar-refractivity contribution in [3.63, 3.8) is 0 Å². The SMILES string of the molecule is CCOC(=O)C=C[C@H](Cc1ccccc1)NC(=O)OC(C)(C)C. The second-order valence-electron chi connectivity index (χ2n) is 6.05. The first-order chi connectivity index (χ1) is 10.8. The van der Waals surface area contributed by atoms with E-state index < -0.39 is 17.7 Å². The highest BCUT2D eigenvalue weighted by molar-refractivity contribution is 5.82. The fourth-order valence-electron chi connectivity index (χ4n) is 1.88. The molecule has 1 aromatic carbocycles. The van der Waals surface area contributed by atoms with Gasteiger partial charge in [-0.15, -0.1) is 0 Å². The highest BCUT2D eigenvalue weighted by Gasteiger charge is 2.18. The van der Waals surface area contributed by atoms with Crippen molar-refractivity contribution in [3.8, 4) is 0 Å². The number of hydrogen-bond acceptors (Lipinski definition) is 4. The van der Waals surface area contributed by atoms with Crippen LogP contribution in [-0.4, -0.2) is 30.3 Å². The lowest BCUT2D eigenvalue weighted by Crippen LogP contribution is -2.39. The molecule has 5 heteroatoms. The maximum absolute atomic E-state index is 11.9. The van der Waals surface area contributed by atoms with E-state index in [1.807, 2.05) is 30.3 Å². The molecule has 0 spiro atoms. The van der Waals surface area contributed by atoms with Crippen LogP contribution >= 0.6 is 0 Å². The van der Waals surface area contributed by atoms with E-state index in [4.69, 9.17) is 9.47 Å². The predicted molar refractivity (Wildman–Crippen MR) is 89.1 cm³/mol. The van der Waals surface area contributed by atoms with E-state index in [0.29, 0.717) is 13.0 Å². The summed E-state index contributed by atoms with van der Waals surface area (Å²) in [5, 5.41) is 2.76. The maximum Gasteiger partial charge on any atom is 0.408 e. The molecule has 0 unspecified atom stereocenters. The molecule has 1 N–H and O–H groups in total. The Morgan fingerprint density at radius 2 is 1.87 bits per heavy atom. The summed E-state index contributed by atoms with van der Waals surface area (Å²) in [6.45, 7) is 7.45. The minimum Gasteiger partial charge on any atom is -0.463 e. The van der Waals surface area contributed by atoms with E-state index >= 15 is 0 Å². The molecule has 0 fully saturated rings. The van der Waals surface area contributed by atoms with Gasteiger partial charge in [0.05, 0.1) is 12.6 Å². The molecule has 1 aromatic rings. The van der Waals surface area contributed by atoms with E-state index in [0.717, 1.165) is 5.56 Å². The summed E-state index contributed by atoms with van der Waals surface area (Å²) in [6, 6.07) is 9.33. The lowest BCUT2D eigenvalue weighted by molar-refractivity contribution is -0.137. The molecular formula is C18H25NO4. The van der Waals surface area contributed by atoms with Crippen LogP contribution in [0.3, 0.4) is 0 Å². The molecule has 0 aromatic heterocycles. The molecule has 0 aliphatic heterocycles. The number of alkyl carbamates (subject to hydrolysis) is 1. The molecule has 1 rings (SSSR count). The van der Waals surface area contributed by atoms with Crippen LogP contribution in [0.2, 0.25) is 0 Å². The fourth-order valence-corrected chi connectivity index (χ4v) is 1.88. The number of amides is 1. The highest BCUT2D eigenvalue weighted by atomic mass is 16.6. The van der Waals surface area contributed by atoms with Crippen LogP contribution in [-0.2, 0) is 20.7 Å². The first-order valence-corrected chi connectivity index (χ1v) is 7.68. The number of rotatable bonds is 6. The Morgan fingerprint density at radius 3 is 2.43 bits per heavy atom. The van der Waals surface area contributed by atoms with Crippen LogP contribution < -0.4 is 5.32 Å². The standard InChI is InChI=1S/C18H25NO4/c1-5-22-16(20)12-11-15(13-14-9-7-6-8-10-14)19-17(21)23-18(2,3)4/h6-12,15H,5,13H2,1-4H3,(H,19,21)/t15-/m1/s1. The molecule has 23 heavy (non-hydrogen) atoms. The number of esters is 1. The van der Waals surface area contributed by atoms with Crippen molar-refractivity contribution in [1.82, 2.24) is 5.32 Å². The zero-order valence-electron chi connectivity index (χ0n) is 14.2. The van der Waals surface area contributed by atoms with Crippen LogP contribution in [0.25, 0.3) is 0 Å². The average molecular weight is 319 g/mol. The van der Waals surface area contributed by atoms with Gasteiger partial charge in [0, 0.05) is 6.08 Å². The summed E-state index contributed by atoms with van der Waals surface area (Å²) in [6.07, 6.45) is 2.98. The van der Waals surface area contributed by atoms with Crippen LogP contribution in [0.5, 0.6) is 0 Å². The average Bonchev–Trinajstić information content (AvgIpc) is 2.44. The second-order valence-corrected chi connectivity index (χ2v) is 6.05. The quantitative estimate of drug-likeness (QED) is 0.646. The van der Waals surface area contributed by atoms with Crippen LogP contribution in [0.15, 0.2) is 42.5 Å². The summed E-state index contributed by atoms with van der Waals surface area (Å²) in [5.74, 6) is -0.434. The summed E-state index contributed by atoms with van der Waals surface area (Å²) in [5.41, 5.74) is 0.466. The van der Waals surface area contributed by atoms with Crippen molar-refractivity contribution in [3.05, 3.63) is 48.0 Å². The molecular weight excluding hydrogens is 294 g/mol. The first-order valence-electron chi connectivity index (χ1n) is 7.68. The van der Waals surface area contributed by atoms with Gasteiger partial charge in [-0.05, 0) is 39.7 Å². The van der Waals surface area contributed by atoms with Crippen molar-refractivity contribution in [1.29, 1.82) is 0 Å². The third kappa shape index (κ3) is 8.66. The zero-order chi connectivity index (χ0) is 17.3. The van der Waals surface area contributed by atoms with E-state index in [1.54, 1.807) is 33.8 Å². The molecule has 0 saturated carbocycles. The molecule has 1 atom stereocenters. The Balaban J connectivity index is 2.75. The van der Waals surface area contributed by atoms with Gasteiger partial charge in [-0.2, -0.15) is 0 Å². The lowest BCUT2D eigenvalue weighted by atomic mass is 10.1. The molecule has 1 amide bonds. The Morgan fingerprint density at radius 1 is 1.22 bits per heavy atom. The number of carbonyl (C=O) groups excluding carboxylic acids is 2. The first kappa shape index (κ1) is 18.7. The smallest absolute Gasteiger partial charge is 0.408 e. The highest BCUT2D eigenvalue weighted by Crippen LogP contribution is 2.09. The van der Waals surface area contributed by atoms with Crippen molar-refractivity contribution in [2.24, 2.45) is 0 Å². The van der Waals surface area contributed by atoms with Crippen molar-refractivity contribution in [2.75, 3.05) is 6.61 Å². The Labute approximate surface area is 137 Å². The van der Waals surface area contributed by atoms with Gasteiger partial charge >= 0.3 is 12.1 Å². The summed E-state index contributed by atoms with van der Waals surface area (Å²) >= 11 is 0. The minimum atomic E-state index is -0.577. The summed E-state index contributed by atoms with van der Waals surface area (Å²) in [4.78, 5) is 23.4. The fraction of sp³-hybridized carbons (Fsp3) is 0.444. The molecule has 126 valence electrons. The summed E-state index contributed by atoms with van der Waals surface area (Å²) in [7, 11) is 0. The largest absolute Gasteiger partial charge is 0.463 e. The van der Waals surface area contributed by atoms with Crippen molar-refractivity contribution >= 4 is 12.1 Å². The second kappa shape index (κ2) is 8.98. The number of carbonyl (C=O) groups is 2. The molecule has 0 bridgehead atoms. The predicted octanol–water partition coefficient (Wildman–Crippen LogP) is 3.24. The summed E-state index contributed by atoms with van der Waals surface area (Å²) < 4.78 is 10.1. The van der Waals surface area contributed by atoms with E-state index in [2.05, 4.69) is 5.32 Å². The van der Waals surface area contributed by atoms with Gasteiger partial charge in [0.15, 0.2) is 0 Å². The number of ether oxygens (including phenoxy) is 2. The van der Waals surface area contributed by atoms with Gasteiger partial charge in [-0.3, -0.25) is 0 Å². The number of benzene rings is 1. The van der Waals surface area contributed by atoms with Gasteiger partial charge in [0.2, 0.25) is 0 Å². The molecule has 0 heterocycles. The third-order valence-corrected chi connectivity index (χ3v) is 2.75. The van der Waals surface area contributed by atoms with Gasteiger partial charge in [0.25, 0.3) is 0 Å². The van der Waals surface area contributed by atoms with Gasteiger partial charge < -0.3 is 14.8 Å². The third-order valence-electron chi connectivity index (χ3n) is 2.75. The number of hydrogen-bond donors (Lipinski definition) is 1. The minimum absolute atomic E-state index is 0.312. The van der Waals surface area contributed by atoms with E-state index in [1.165, 1.54) is 6.08 Å². The van der Waals surface area contributed by atoms with Gasteiger partial charge in [0.1, 0.15) is 5.60 Å². The lowest BCUT2D eigenvalue weighted by Gasteiger charge is -2.22. The number of nitrogens with one attached hydrogen (secondary N) is 1. The van der Waals surface area contributed by atoms with Gasteiger partial charge in [-0.1, -0.05) is 36.4 Å². The molecule has 0 saturated heterocycles. The maximum atomic E-state index is 11.9. The Hall–Kier alpha value is -2.30. The van der Waals surface area contributed by atoms with Crippen LogP contribution in [0, 0.1) is 0 Å². The monoisotopic (exact) mass is 319 g/mol. The molecule has 0 aliphatic carbocycles. The zero-order valence-corrected chi connectivity index (χ0v) is 14.2. The van der Waals surface area contributed by atoms with E-state index in [-0.39, 0.29) is 6.04 Å². The Kier molecular flexibility index (Phi) is 7.32. The molecule has 5 nitrogen and oxygen atoms in total. The molecule has 0 aliphatic rings. The van der Waals surface area contributed by atoms with E-state index in [9.17, 15) is 9.59 Å². The normalized spacial score (nSPS) is 12.7. The van der Waals surface area contributed by atoms with Gasteiger partial charge in [-0.25, -0.2) is 9.59 Å². The van der Waals surface area contributed by atoms with Crippen LogP contribution in [0.1, 0.15) is 33.3 Å². The van der Waals surface area contributed by atoms with Crippen LogP contribution in [0.4, 0.5) is 4.79 Å². The van der Waals surface area contributed by atoms with Crippen molar-refractivity contribution < 1.29 is 19.1 Å². The Bertz CT molecular complexity index is 532. The topological polar surface area (TPSA) is 64.6 Å².